The number of hydrogen-bond acceptors (Lipinski definition) is 2. The first-order valence-corrected chi connectivity index (χ1v) is 6.47. The average molecular weight is 221 g/mol. The van der Waals surface area contributed by atoms with E-state index in [1.54, 1.807) is 0 Å². The van der Waals surface area contributed by atoms with Gasteiger partial charge in [-0.2, -0.15) is 0 Å². The van der Waals surface area contributed by atoms with Crippen LogP contribution in [0.1, 0.15) is 50.8 Å². The van der Waals surface area contributed by atoms with Crippen molar-refractivity contribution in [3.8, 4) is 0 Å². The van der Waals surface area contributed by atoms with Crippen molar-refractivity contribution in [3.63, 3.8) is 0 Å². The number of aryl methyl sites for hydroxylation is 1. The molecule has 1 aromatic heterocycles. The summed E-state index contributed by atoms with van der Waals surface area (Å²) in [5.41, 5.74) is 1.11. The molecule has 1 aromatic rings. The van der Waals surface area contributed by atoms with E-state index in [4.69, 9.17) is 0 Å². The molecule has 0 saturated heterocycles. The Balaban J connectivity index is 2.15. The molecule has 1 heterocycles. The summed E-state index contributed by atoms with van der Waals surface area (Å²) in [6.45, 7) is 4.38. The van der Waals surface area contributed by atoms with Crippen LogP contribution in [0, 0.1) is 12.8 Å². The Bertz CT molecular complexity index is 343. The molecule has 0 spiro atoms. The van der Waals surface area contributed by atoms with Gasteiger partial charge in [0, 0.05) is 19.3 Å². The zero-order chi connectivity index (χ0) is 11.5. The van der Waals surface area contributed by atoms with E-state index in [9.17, 15) is 0 Å². The highest BCUT2D eigenvalue weighted by Crippen LogP contribution is 2.35. The summed E-state index contributed by atoms with van der Waals surface area (Å²) in [7, 11) is 1.96. The fourth-order valence-corrected chi connectivity index (χ4v) is 2.87. The summed E-state index contributed by atoms with van der Waals surface area (Å²) in [5.74, 6) is 1.94. The van der Waals surface area contributed by atoms with Gasteiger partial charge in [0.1, 0.15) is 0 Å². The summed E-state index contributed by atoms with van der Waals surface area (Å²) < 4.78 is 2.34. The summed E-state index contributed by atoms with van der Waals surface area (Å²) in [6.07, 6.45) is 8.91. The Kier molecular flexibility index (Phi) is 3.52. The van der Waals surface area contributed by atoms with Crippen LogP contribution >= 0.6 is 0 Å². The third kappa shape index (κ3) is 2.23. The molecule has 16 heavy (non-hydrogen) atoms. The van der Waals surface area contributed by atoms with Crippen molar-refractivity contribution in [3.05, 3.63) is 11.9 Å². The monoisotopic (exact) mass is 221 g/mol. The molecule has 2 atom stereocenters. The van der Waals surface area contributed by atoms with Gasteiger partial charge < -0.3 is 9.88 Å². The minimum absolute atomic E-state index is 0.655. The van der Waals surface area contributed by atoms with Gasteiger partial charge in [0.05, 0.1) is 5.69 Å². The van der Waals surface area contributed by atoms with E-state index >= 15 is 0 Å². The molecular formula is C13H23N3. The van der Waals surface area contributed by atoms with Crippen LogP contribution in [-0.4, -0.2) is 16.6 Å². The van der Waals surface area contributed by atoms with Gasteiger partial charge in [-0.15, -0.1) is 0 Å². The second-order valence-electron chi connectivity index (χ2n) is 4.96. The van der Waals surface area contributed by atoms with E-state index in [1.165, 1.54) is 32.1 Å². The second kappa shape index (κ2) is 4.89. The molecule has 2 rings (SSSR count). The Labute approximate surface area is 98.3 Å². The van der Waals surface area contributed by atoms with Crippen molar-refractivity contribution in [1.29, 1.82) is 0 Å². The molecule has 0 amide bonds. The van der Waals surface area contributed by atoms with Crippen LogP contribution in [0.2, 0.25) is 0 Å². The third-order valence-corrected chi connectivity index (χ3v) is 3.80. The maximum Gasteiger partial charge on any atom is 0.203 e. The Morgan fingerprint density at radius 1 is 1.50 bits per heavy atom. The topological polar surface area (TPSA) is 29.9 Å². The van der Waals surface area contributed by atoms with Gasteiger partial charge in [-0.25, -0.2) is 4.98 Å². The van der Waals surface area contributed by atoms with Crippen LogP contribution < -0.4 is 5.32 Å². The molecule has 0 bridgehead atoms. The zero-order valence-electron chi connectivity index (χ0n) is 10.7. The lowest BCUT2D eigenvalue weighted by Gasteiger charge is -2.30. The van der Waals surface area contributed by atoms with Gasteiger partial charge in [-0.1, -0.05) is 26.2 Å². The number of imidazole rings is 1. The molecule has 2 unspecified atom stereocenters. The summed E-state index contributed by atoms with van der Waals surface area (Å²) in [4.78, 5) is 4.51. The minimum Gasteiger partial charge on any atom is -0.359 e. The first-order valence-electron chi connectivity index (χ1n) is 6.47. The lowest BCUT2D eigenvalue weighted by atomic mass is 9.84. The van der Waals surface area contributed by atoms with Crippen molar-refractivity contribution < 1.29 is 0 Å². The van der Waals surface area contributed by atoms with Crippen molar-refractivity contribution in [2.75, 3.05) is 12.4 Å². The van der Waals surface area contributed by atoms with E-state index in [2.05, 4.69) is 34.9 Å². The lowest BCUT2D eigenvalue weighted by molar-refractivity contribution is 0.263. The summed E-state index contributed by atoms with van der Waals surface area (Å²) >= 11 is 0. The molecular weight excluding hydrogens is 198 g/mol. The largest absolute Gasteiger partial charge is 0.359 e. The second-order valence-corrected chi connectivity index (χ2v) is 4.96. The molecule has 1 fully saturated rings. The standard InChI is InChI=1S/C13H23N3/c1-4-11-6-5-7-12(8-11)16-9-10(2)15-13(16)14-3/h9,11-12H,4-8H2,1-3H3,(H,14,15). The van der Waals surface area contributed by atoms with Gasteiger partial charge in [0.25, 0.3) is 0 Å². The number of rotatable bonds is 3. The first kappa shape index (κ1) is 11.5. The number of nitrogens with zero attached hydrogens (tertiary/aromatic N) is 2. The van der Waals surface area contributed by atoms with Crippen molar-refractivity contribution in [1.82, 2.24) is 9.55 Å². The van der Waals surface area contributed by atoms with E-state index in [1.807, 2.05) is 7.05 Å². The van der Waals surface area contributed by atoms with Crippen LogP contribution in [-0.2, 0) is 0 Å². The van der Waals surface area contributed by atoms with Crippen LogP contribution in [0.3, 0.4) is 0 Å². The van der Waals surface area contributed by atoms with Crippen LogP contribution in [0.25, 0.3) is 0 Å². The minimum atomic E-state index is 0.655. The molecule has 3 heteroatoms. The lowest BCUT2D eigenvalue weighted by Crippen LogP contribution is -2.19. The predicted octanol–water partition coefficient (Wildman–Crippen LogP) is 3.37. The van der Waals surface area contributed by atoms with E-state index < -0.39 is 0 Å². The van der Waals surface area contributed by atoms with E-state index in [0.29, 0.717) is 6.04 Å². The predicted molar refractivity (Wildman–Crippen MR) is 67.8 cm³/mol. The number of nitrogens with one attached hydrogen (secondary N) is 1. The Hall–Kier alpha value is -0.990. The van der Waals surface area contributed by atoms with Crippen LogP contribution in [0.4, 0.5) is 5.95 Å². The quantitative estimate of drug-likeness (QED) is 0.848. The maximum atomic E-state index is 4.51. The van der Waals surface area contributed by atoms with Gasteiger partial charge in [-0.3, -0.25) is 0 Å². The van der Waals surface area contributed by atoms with Crippen LogP contribution in [0.15, 0.2) is 6.20 Å². The summed E-state index contributed by atoms with van der Waals surface area (Å²) in [5, 5.41) is 3.20. The highest BCUT2D eigenvalue weighted by Gasteiger charge is 2.23. The highest BCUT2D eigenvalue weighted by molar-refractivity contribution is 5.28. The first-order chi connectivity index (χ1) is 7.74. The number of anilines is 1. The Morgan fingerprint density at radius 3 is 3.00 bits per heavy atom. The number of aromatic nitrogens is 2. The molecule has 0 aromatic carbocycles. The molecule has 1 aliphatic rings. The zero-order valence-corrected chi connectivity index (χ0v) is 10.7. The van der Waals surface area contributed by atoms with E-state index in [-0.39, 0.29) is 0 Å². The SMILES string of the molecule is CCC1CCCC(n2cc(C)nc2NC)C1. The molecule has 0 radical (unpaired) electrons. The van der Waals surface area contributed by atoms with Gasteiger partial charge in [-0.05, 0) is 25.7 Å². The molecule has 1 N–H and O–H groups in total. The van der Waals surface area contributed by atoms with Crippen molar-refractivity contribution >= 4 is 5.95 Å². The molecule has 1 saturated carbocycles. The Morgan fingerprint density at radius 2 is 2.31 bits per heavy atom. The normalized spacial score (nSPS) is 25.7. The van der Waals surface area contributed by atoms with Gasteiger partial charge in [0.15, 0.2) is 0 Å². The molecule has 3 nitrogen and oxygen atoms in total. The molecule has 90 valence electrons. The maximum absolute atomic E-state index is 4.51. The average Bonchev–Trinajstić information content (AvgIpc) is 2.70. The van der Waals surface area contributed by atoms with Gasteiger partial charge >= 0.3 is 0 Å². The third-order valence-electron chi connectivity index (χ3n) is 3.80. The fourth-order valence-electron chi connectivity index (χ4n) is 2.87. The highest BCUT2D eigenvalue weighted by atomic mass is 15.2. The van der Waals surface area contributed by atoms with Crippen molar-refractivity contribution in [2.24, 2.45) is 5.92 Å². The van der Waals surface area contributed by atoms with E-state index in [0.717, 1.165) is 17.6 Å². The smallest absolute Gasteiger partial charge is 0.203 e. The van der Waals surface area contributed by atoms with Crippen molar-refractivity contribution in [2.45, 2.75) is 52.0 Å². The van der Waals surface area contributed by atoms with Gasteiger partial charge in [0.2, 0.25) is 5.95 Å². The molecule has 0 aliphatic heterocycles. The summed E-state index contributed by atoms with van der Waals surface area (Å²) in [6, 6.07) is 0.655. The van der Waals surface area contributed by atoms with Crippen LogP contribution in [0.5, 0.6) is 0 Å². The fraction of sp³-hybridized carbons (Fsp3) is 0.769. The molecule has 1 aliphatic carbocycles. The number of hydrogen-bond donors (Lipinski definition) is 1.